The molecule has 0 spiro atoms. The van der Waals surface area contributed by atoms with Crippen LogP contribution < -0.4 is 4.74 Å². The molecule has 1 N–H and O–H groups in total. The number of hydrogen-bond acceptors (Lipinski definition) is 3. The highest BCUT2D eigenvalue weighted by Gasteiger charge is 2.41. The number of ketones is 1. The van der Waals surface area contributed by atoms with Gasteiger partial charge in [-0.1, -0.05) is 24.6 Å². The third-order valence-electron chi connectivity index (χ3n) is 5.91. The highest BCUT2D eigenvalue weighted by atomic mass is 35.5. The van der Waals surface area contributed by atoms with E-state index in [1.54, 1.807) is 18.2 Å². The molecule has 3 nitrogen and oxygen atoms in total. The van der Waals surface area contributed by atoms with Gasteiger partial charge in [0, 0.05) is 17.9 Å². The second-order valence-corrected chi connectivity index (χ2v) is 8.15. The Hall–Kier alpha value is -2.47. The maximum atomic E-state index is 12.9. The first kappa shape index (κ1) is 20.8. The van der Waals surface area contributed by atoms with Crippen LogP contribution in [0.15, 0.2) is 42.2 Å². The number of carbonyl (C=O) groups excluding carboxylic acids is 1. The van der Waals surface area contributed by atoms with Gasteiger partial charge in [-0.25, -0.2) is 0 Å². The molecule has 2 aromatic carbocycles. The summed E-state index contributed by atoms with van der Waals surface area (Å²) < 4.78 is 44.4. The van der Waals surface area contributed by atoms with Gasteiger partial charge < -0.3 is 9.84 Å². The molecule has 2 aliphatic rings. The van der Waals surface area contributed by atoms with E-state index < -0.39 is 16.8 Å². The van der Waals surface area contributed by atoms with Crippen molar-refractivity contribution in [1.29, 1.82) is 0 Å². The van der Waals surface area contributed by atoms with Gasteiger partial charge in [0.05, 0.1) is 16.2 Å². The average Bonchev–Trinajstić information content (AvgIpc) is 3.13. The first-order chi connectivity index (χ1) is 14.2. The summed E-state index contributed by atoms with van der Waals surface area (Å²) in [5.41, 5.74) is 0.925. The van der Waals surface area contributed by atoms with E-state index in [1.807, 2.05) is 6.92 Å². The number of aliphatic hydroxyl groups is 1. The fourth-order valence-electron chi connectivity index (χ4n) is 4.36. The minimum atomic E-state index is -4.55. The molecule has 7 heteroatoms. The molecule has 0 aliphatic heterocycles. The lowest BCUT2D eigenvalue weighted by Crippen LogP contribution is -2.21. The predicted molar refractivity (Wildman–Crippen MR) is 108 cm³/mol. The number of fused-ring (bicyclic) bond motifs is 2. The molecule has 0 heterocycles. The van der Waals surface area contributed by atoms with Gasteiger partial charge in [-0.2, -0.15) is 13.2 Å². The summed E-state index contributed by atoms with van der Waals surface area (Å²) in [5.74, 6) is 0.527. The number of aryl methyl sites for hydroxylation is 1. The lowest BCUT2D eigenvalue weighted by molar-refractivity contribution is -0.137. The standard InChI is InChI=1S/C23H20ClF3O3/c1-2-12-5-6-15(30-16-7-8-18(19(24)11-16)23(25,26)27)10-17(12)20-21(28)13-3-4-14(9-13)22(20)29/h5-8,10-11,13-14,28H,2-4,9H2,1H3/t13-,14+/m1/s1. The Balaban J connectivity index is 1.70. The van der Waals surface area contributed by atoms with Gasteiger partial charge in [0.15, 0.2) is 5.78 Å². The average molecular weight is 437 g/mol. The summed E-state index contributed by atoms with van der Waals surface area (Å²) in [7, 11) is 0. The number of carbonyl (C=O) groups is 1. The fourth-order valence-corrected chi connectivity index (χ4v) is 4.64. The summed E-state index contributed by atoms with van der Waals surface area (Å²) in [6, 6.07) is 8.34. The molecular formula is C23H20ClF3O3. The van der Waals surface area contributed by atoms with Crippen LogP contribution in [0.3, 0.4) is 0 Å². The number of alkyl halides is 3. The summed E-state index contributed by atoms with van der Waals surface area (Å²) in [6.45, 7) is 1.95. The zero-order valence-corrected chi connectivity index (χ0v) is 17.0. The number of hydrogen-bond donors (Lipinski definition) is 1. The van der Waals surface area contributed by atoms with Crippen molar-refractivity contribution in [1.82, 2.24) is 0 Å². The Kier molecular flexibility index (Phi) is 5.30. The first-order valence-corrected chi connectivity index (χ1v) is 10.2. The SMILES string of the molecule is CCc1ccc(Oc2ccc(C(F)(F)F)c(Cl)c2)cc1C1=C(O)[C@@H]2CC[C@@H](C2)C1=O. The van der Waals surface area contributed by atoms with E-state index in [-0.39, 0.29) is 29.1 Å². The lowest BCUT2D eigenvalue weighted by atomic mass is 9.81. The molecule has 0 saturated heterocycles. The molecule has 2 bridgehead atoms. The van der Waals surface area contributed by atoms with Crippen LogP contribution in [0.2, 0.25) is 5.02 Å². The van der Waals surface area contributed by atoms with Gasteiger partial charge >= 0.3 is 6.18 Å². The molecule has 0 amide bonds. The van der Waals surface area contributed by atoms with Crippen molar-refractivity contribution in [2.75, 3.05) is 0 Å². The molecule has 158 valence electrons. The van der Waals surface area contributed by atoms with Crippen molar-refractivity contribution in [3.05, 3.63) is 63.9 Å². The molecule has 2 aromatic rings. The summed E-state index contributed by atoms with van der Waals surface area (Å²) >= 11 is 5.77. The zero-order chi connectivity index (χ0) is 21.6. The molecule has 0 unspecified atom stereocenters. The largest absolute Gasteiger partial charge is 0.511 e. The van der Waals surface area contributed by atoms with Gasteiger partial charge in [-0.3, -0.25) is 4.79 Å². The highest BCUT2D eigenvalue weighted by molar-refractivity contribution is 6.31. The number of benzene rings is 2. The second-order valence-electron chi connectivity index (χ2n) is 7.75. The highest BCUT2D eigenvalue weighted by Crippen LogP contribution is 2.46. The quantitative estimate of drug-likeness (QED) is 0.562. The minimum absolute atomic E-state index is 0.00528. The number of rotatable bonds is 4. The molecule has 1 saturated carbocycles. The van der Waals surface area contributed by atoms with Gasteiger partial charge in [0.2, 0.25) is 0 Å². The van der Waals surface area contributed by atoms with Crippen LogP contribution in [0.5, 0.6) is 11.5 Å². The van der Waals surface area contributed by atoms with Crippen LogP contribution in [-0.2, 0) is 17.4 Å². The Morgan fingerprint density at radius 2 is 1.77 bits per heavy atom. The molecule has 0 radical (unpaired) electrons. The number of halogens is 4. The van der Waals surface area contributed by atoms with Crippen LogP contribution in [0.1, 0.15) is 42.9 Å². The minimum Gasteiger partial charge on any atom is -0.511 e. The van der Waals surface area contributed by atoms with E-state index in [1.165, 1.54) is 6.07 Å². The van der Waals surface area contributed by atoms with E-state index in [0.29, 0.717) is 29.7 Å². The maximum Gasteiger partial charge on any atom is 0.417 e. The molecule has 4 rings (SSSR count). The molecule has 30 heavy (non-hydrogen) atoms. The van der Waals surface area contributed by atoms with E-state index in [9.17, 15) is 23.1 Å². The molecule has 2 aliphatic carbocycles. The van der Waals surface area contributed by atoms with Crippen molar-refractivity contribution in [2.45, 2.75) is 38.8 Å². The van der Waals surface area contributed by atoms with Crippen molar-refractivity contribution in [3.63, 3.8) is 0 Å². The molecular weight excluding hydrogens is 417 g/mol. The van der Waals surface area contributed by atoms with E-state index in [4.69, 9.17) is 16.3 Å². The molecule has 2 atom stereocenters. The third kappa shape index (κ3) is 3.69. The number of Topliss-reactive ketones (excluding diaryl/α,β-unsaturated/α-hetero) is 1. The fraction of sp³-hybridized carbons (Fsp3) is 0.348. The molecule has 0 aromatic heterocycles. The smallest absolute Gasteiger partial charge is 0.417 e. The Morgan fingerprint density at radius 1 is 1.10 bits per heavy atom. The van der Waals surface area contributed by atoms with Crippen LogP contribution in [0.25, 0.3) is 5.57 Å². The normalized spacial score (nSPS) is 21.3. The van der Waals surface area contributed by atoms with Crippen molar-refractivity contribution in [2.24, 2.45) is 11.8 Å². The third-order valence-corrected chi connectivity index (χ3v) is 6.22. The van der Waals surface area contributed by atoms with Crippen LogP contribution in [0.4, 0.5) is 13.2 Å². The van der Waals surface area contributed by atoms with Crippen molar-refractivity contribution in [3.8, 4) is 11.5 Å². The zero-order valence-electron chi connectivity index (χ0n) is 16.2. The van der Waals surface area contributed by atoms with Gasteiger partial charge in [0.1, 0.15) is 17.3 Å². The maximum absolute atomic E-state index is 12.9. The summed E-state index contributed by atoms with van der Waals surface area (Å²) in [5, 5.41) is 10.3. The Bertz CT molecular complexity index is 1040. The Morgan fingerprint density at radius 3 is 2.43 bits per heavy atom. The van der Waals surface area contributed by atoms with Gasteiger partial charge in [-0.15, -0.1) is 0 Å². The van der Waals surface area contributed by atoms with Crippen molar-refractivity contribution < 1.29 is 27.8 Å². The Labute approximate surface area is 177 Å². The monoisotopic (exact) mass is 436 g/mol. The topological polar surface area (TPSA) is 46.5 Å². The van der Waals surface area contributed by atoms with E-state index >= 15 is 0 Å². The first-order valence-electron chi connectivity index (χ1n) is 9.84. The summed E-state index contributed by atoms with van der Waals surface area (Å²) in [4.78, 5) is 12.9. The number of ether oxygens (including phenoxy) is 1. The van der Waals surface area contributed by atoms with Crippen molar-refractivity contribution >= 4 is 23.0 Å². The summed E-state index contributed by atoms with van der Waals surface area (Å²) in [6.07, 6.45) is -1.63. The predicted octanol–water partition coefficient (Wildman–Crippen LogP) is 6.98. The number of aliphatic hydroxyl groups excluding tert-OH is 1. The second kappa shape index (κ2) is 7.65. The van der Waals surface area contributed by atoms with Crippen LogP contribution in [0, 0.1) is 11.8 Å². The van der Waals surface area contributed by atoms with Crippen LogP contribution in [-0.4, -0.2) is 10.9 Å². The van der Waals surface area contributed by atoms with Gasteiger partial charge in [-0.05, 0) is 61.1 Å². The van der Waals surface area contributed by atoms with E-state index in [0.717, 1.165) is 30.5 Å². The lowest BCUT2D eigenvalue weighted by Gasteiger charge is -2.23. The van der Waals surface area contributed by atoms with Gasteiger partial charge in [0.25, 0.3) is 0 Å². The molecule has 1 fully saturated rings. The van der Waals surface area contributed by atoms with Crippen LogP contribution >= 0.6 is 11.6 Å². The number of allylic oxidation sites excluding steroid dienone is 2. The van der Waals surface area contributed by atoms with E-state index in [2.05, 4.69) is 0 Å².